The van der Waals surface area contributed by atoms with Crippen LogP contribution in [0.1, 0.15) is 11.3 Å². The van der Waals surface area contributed by atoms with Gasteiger partial charge in [-0.05, 0) is 24.6 Å². The van der Waals surface area contributed by atoms with Crippen LogP contribution in [0.2, 0.25) is 0 Å². The molecule has 0 aliphatic rings. The zero-order valence-electron chi connectivity index (χ0n) is 11.6. The second kappa shape index (κ2) is 5.21. The minimum absolute atomic E-state index is 0.781. The van der Waals surface area contributed by atoms with E-state index in [9.17, 15) is 0 Å². The monoisotopic (exact) mass is 267 g/mol. The number of benzene rings is 1. The summed E-state index contributed by atoms with van der Waals surface area (Å²) in [6.45, 7) is 2.81. The van der Waals surface area contributed by atoms with Gasteiger partial charge in [0.05, 0.1) is 23.9 Å². The highest BCUT2D eigenvalue weighted by atomic mass is 15.2. The molecule has 5 heteroatoms. The minimum Gasteiger partial charge on any atom is -0.381 e. The van der Waals surface area contributed by atoms with Crippen molar-refractivity contribution in [2.75, 3.05) is 5.32 Å². The van der Waals surface area contributed by atoms with Crippen LogP contribution < -0.4 is 5.32 Å². The molecule has 0 amide bonds. The molecule has 102 valence electrons. The number of H-pyrrole nitrogens is 1. The van der Waals surface area contributed by atoms with Crippen molar-refractivity contribution in [3.05, 3.63) is 54.2 Å². The number of aryl methyl sites for hydroxylation is 2. The van der Waals surface area contributed by atoms with Crippen LogP contribution in [0.4, 0.5) is 5.69 Å². The molecule has 2 aromatic heterocycles. The van der Waals surface area contributed by atoms with E-state index in [0.29, 0.717) is 0 Å². The Bertz CT molecular complexity index is 680. The number of imidazole rings is 1. The van der Waals surface area contributed by atoms with Crippen molar-refractivity contribution in [2.45, 2.75) is 13.5 Å². The standard InChI is InChI=1S/C15H17N5/c1-11-13(9-20(2)19-11)7-17-14-5-3-12(4-6-14)15-8-16-10-18-15/h3-6,8-10,17H,7H2,1-2H3,(H,16,18). The summed E-state index contributed by atoms with van der Waals surface area (Å²) in [6.07, 6.45) is 5.55. The number of nitrogens with one attached hydrogen (secondary N) is 2. The molecule has 0 unspecified atom stereocenters. The van der Waals surface area contributed by atoms with Gasteiger partial charge < -0.3 is 10.3 Å². The van der Waals surface area contributed by atoms with E-state index >= 15 is 0 Å². The van der Waals surface area contributed by atoms with Gasteiger partial charge in [-0.3, -0.25) is 4.68 Å². The molecule has 0 atom stereocenters. The van der Waals surface area contributed by atoms with Crippen LogP contribution in [-0.4, -0.2) is 19.7 Å². The molecule has 0 aliphatic heterocycles. The minimum atomic E-state index is 0.781. The SMILES string of the molecule is Cc1nn(C)cc1CNc1ccc(-c2cnc[nH]2)cc1. The summed E-state index contributed by atoms with van der Waals surface area (Å²) in [5, 5.41) is 7.75. The van der Waals surface area contributed by atoms with Crippen molar-refractivity contribution >= 4 is 5.69 Å². The summed E-state index contributed by atoms with van der Waals surface area (Å²) in [7, 11) is 1.94. The van der Waals surface area contributed by atoms with Crippen LogP contribution >= 0.6 is 0 Å². The zero-order chi connectivity index (χ0) is 13.9. The van der Waals surface area contributed by atoms with Crippen molar-refractivity contribution in [2.24, 2.45) is 7.05 Å². The summed E-state index contributed by atoms with van der Waals surface area (Å²) in [5.74, 6) is 0. The van der Waals surface area contributed by atoms with Crippen molar-refractivity contribution in [1.82, 2.24) is 19.7 Å². The quantitative estimate of drug-likeness (QED) is 0.764. The Labute approximate surface area is 117 Å². The molecule has 1 aromatic carbocycles. The third kappa shape index (κ3) is 2.56. The molecule has 3 aromatic rings. The maximum Gasteiger partial charge on any atom is 0.0924 e. The van der Waals surface area contributed by atoms with E-state index in [1.165, 1.54) is 5.56 Å². The second-order valence-electron chi connectivity index (χ2n) is 4.81. The van der Waals surface area contributed by atoms with Crippen molar-refractivity contribution in [3.63, 3.8) is 0 Å². The van der Waals surface area contributed by atoms with Crippen LogP contribution in [0, 0.1) is 6.92 Å². The first-order valence-electron chi connectivity index (χ1n) is 6.54. The Kier molecular flexibility index (Phi) is 3.25. The highest BCUT2D eigenvalue weighted by Gasteiger charge is 2.03. The lowest BCUT2D eigenvalue weighted by atomic mass is 10.1. The molecule has 0 fully saturated rings. The Hall–Kier alpha value is -2.56. The van der Waals surface area contributed by atoms with E-state index < -0.39 is 0 Å². The van der Waals surface area contributed by atoms with E-state index in [4.69, 9.17) is 0 Å². The molecule has 0 saturated heterocycles. The average molecular weight is 267 g/mol. The molecule has 5 nitrogen and oxygen atoms in total. The number of anilines is 1. The third-order valence-electron chi connectivity index (χ3n) is 3.29. The Morgan fingerprint density at radius 1 is 1.25 bits per heavy atom. The van der Waals surface area contributed by atoms with Crippen LogP contribution in [0.25, 0.3) is 11.3 Å². The van der Waals surface area contributed by atoms with Crippen LogP contribution in [0.3, 0.4) is 0 Å². The van der Waals surface area contributed by atoms with E-state index in [1.807, 2.05) is 31.0 Å². The van der Waals surface area contributed by atoms with Gasteiger partial charge in [-0.25, -0.2) is 4.98 Å². The fourth-order valence-electron chi connectivity index (χ4n) is 2.20. The van der Waals surface area contributed by atoms with Gasteiger partial charge in [-0.1, -0.05) is 12.1 Å². The van der Waals surface area contributed by atoms with E-state index in [1.54, 1.807) is 6.33 Å². The topological polar surface area (TPSA) is 58.5 Å². The lowest BCUT2D eigenvalue weighted by Crippen LogP contribution is -1.99. The smallest absolute Gasteiger partial charge is 0.0924 e. The summed E-state index contributed by atoms with van der Waals surface area (Å²) in [6, 6.07) is 8.29. The number of hydrogen-bond donors (Lipinski definition) is 2. The van der Waals surface area contributed by atoms with Gasteiger partial charge in [0, 0.05) is 31.0 Å². The fraction of sp³-hybridized carbons (Fsp3) is 0.200. The molecule has 20 heavy (non-hydrogen) atoms. The Morgan fingerprint density at radius 3 is 2.65 bits per heavy atom. The van der Waals surface area contributed by atoms with E-state index in [2.05, 4.69) is 44.6 Å². The number of nitrogens with zero attached hydrogens (tertiary/aromatic N) is 3. The molecule has 2 N–H and O–H groups in total. The maximum absolute atomic E-state index is 4.34. The third-order valence-corrected chi connectivity index (χ3v) is 3.29. The fourth-order valence-corrected chi connectivity index (χ4v) is 2.20. The van der Waals surface area contributed by atoms with Gasteiger partial charge in [-0.2, -0.15) is 5.10 Å². The normalized spacial score (nSPS) is 10.7. The Balaban J connectivity index is 1.68. The maximum atomic E-state index is 4.34. The first-order chi connectivity index (χ1) is 9.72. The average Bonchev–Trinajstić information content (AvgIpc) is 3.07. The molecule has 0 spiro atoms. The molecule has 0 aliphatic carbocycles. The summed E-state index contributed by atoms with van der Waals surface area (Å²) < 4.78 is 1.84. The van der Waals surface area contributed by atoms with Gasteiger partial charge in [0.1, 0.15) is 0 Å². The van der Waals surface area contributed by atoms with Crippen molar-refractivity contribution < 1.29 is 0 Å². The van der Waals surface area contributed by atoms with Crippen LogP contribution in [0.15, 0.2) is 43.0 Å². The Morgan fingerprint density at radius 2 is 2.05 bits per heavy atom. The summed E-state index contributed by atoms with van der Waals surface area (Å²) >= 11 is 0. The van der Waals surface area contributed by atoms with Gasteiger partial charge in [-0.15, -0.1) is 0 Å². The number of aromatic nitrogens is 4. The molecule has 2 heterocycles. The number of aromatic amines is 1. The molecule has 3 rings (SSSR count). The van der Waals surface area contributed by atoms with E-state index in [-0.39, 0.29) is 0 Å². The number of rotatable bonds is 4. The van der Waals surface area contributed by atoms with Gasteiger partial charge in [0.15, 0.2) is 0 Å². The lowest BCUT2D eigenvalue weighted by molar-refractivity contribution is 0.756. The first kappa shape index (κ1) is 12.5. The van der Waals surface area contributed by atoms with Crippen molar-refractivity contribution in [3.8, 4) is 11.3 Å². The highest BCUT2D eigenvalue weighted by Crippen LogP contribution is 2.19. The zero-order valence-corrected chi connectivity index (χ0v) is 11.6. The second-order valence-corrected chi connectivity index (χ2v) is 4.81. The predicted octanol–water partition coefficient (Wildman–Crippen LogP) is 2.73. The van der Waals surface area contributed by atoms with Gasteiger partial charge >= 0.3 is 0 Å². The van der Waals surface area contributed by atoms with Crippen LogP contribution in [-0.2, 0) is 13.6 Å². The van der Waals surface area contributed by atoms with Crippen molar-refractivity contribution in [1.29, 1.82) is 0 Å². The first-order valence-corrected chi connectivity index (χ1v) is 6.54. The molecular formula is C15H17N5. The van der Waals surface area contributed by atoms with Gasteiger partial charge in [0.25, 0.3) is 0 Å². The predicted molar refractivity (Wildman–Crippen MR) is 79.3 cm³/mol. The summed E-state index contributed by atoms with van der Waals surface area (Å²) in [5.41, 5.74) is 5.53. The molecule has 0 radical (unpaired) electrons. The van der Waals surface area contributed by atoms with Crippen LogP contribution in [0.5, 0.6) is 0 Å². The highest BCUT2D eigenvalue weighted by molar-refractivity contribution is 5.61. The lowest BCUT2D eigenvalue weighted by Gasteiger charge is -2.06. The molecular weight excluding hydrogens is 250 g/mol. The molecule has 0 bridgehead atoms. The molecule has 0 saturated carbocycles. The largest absolute Gasteiger partial charge is 0.381 e. The summed E-state index contributed by atoms with van der Waals surface area (Å²) in [4.78, 5) is 7.13. The number of hydrogen-bond acceptors (Lipinski definition) is 3. The van der Waals surface area contributed by atoms with Gasteiger partial charge in [0.2, 0.25) is 0 Å². The van der Waals surface area contributed by atoms with E-state index in [0.717, 1.165) is 29.2 Å².